The Hall–Kier alpha value is -3.23. The van der Waals surface area contributed by atoms with Gasteiger partial charge in [-0.2, -0.15) is 4.98 Å². The Morgan fingerprint density at radius 2 is 2.03 bits per heavy atom. The smallest absolute Gasteiger partial charge is 0.258 e. The molecule has 1 aromatic heterocycles. The summed E-state index contributed by atoms with van der Waals surface area (Å²) >= 11 is 5.80. The van der Waals surface area contributed by atoms with Gasteiger partial charge in [0.2, 0.25) is 5.82 Å². The van der Waals surface area contributed by atoms with Gasteiger partial charge in [0.05, 0.1) is 31.4 Å². The fourth-order valence-electron chi connectivity index (χ4n) is 4.58. The number of aryl methyl sites for hydroxylation is 1. The second kappa shape index (κ2) is 9.56. The van der Waals surface area contributed by atoms with Crippen LogP contribution in [0.25, 0.3) is 17.0 Å². The summed E-state index contributed by atoms with van der Waals surface area (Å²) in [4.78, 5) is 6.89. The average molecular weight is 477 g/mol. The Bertz CT molecular complexity index is 1230. The van der Waals surface area contributed by atoms with Crippen molar-refractivity contribution in [3.63, 3.8) is 0 Å². The predicted molar refractivity (Wildman–Crippen MR) is 134 cm³/mol. The highest BCUT2D eigenvalue weighted by Gasteiger charge is 2.35. The van der Waals surface area contributed by atoms with E-state index in [4.69, 9.17) is 31.2 Å². The molecule has 1 fully saturated rings. The van der Waals surface area contributed by atoms with Crippen molar-refractivity contribution in [2.75, 3.05) is 20.3 Å². The van der Waals surface area contributed by atoms with E-state index in [1.165, 1.54) is 0 Å². The maximum atomic E-state index is 5.89. The Morgan fingerprint density at radius 1 is 1.18 bits per heavy atom. The molecule has 176 valence electrons. The zero-order chi connectivity index (χ0) is 23.7. The number of methoxy groups -OCH3 is 1. The minimum atomic E-state index is -0.255. The molecule has 0 aliphatic carbocycles. The van der Waals surface area contributed by atoms with Crippen molar-refractivity contribution in [2.45, 2.75) is 38.8 Å². The number of ether oxygens (including phenoxy) is 2. The topological polar surface area (TPSA) is 72.7 Å². The van der Waals surface area contributed by atoms with Gasteiger partial charge in [-0.3, -0.25) is 0 Å². The number of rotatable bonds is 6. The van der Waals surface area contributed by atoms with Crippen LogP contribution in [0.4, 0.5) is 0 Å². The zero-order valence-electron chi connectivity index (χ0n) is 19.6. The van der Waals surface area contributed by atoms with E-state index in [0.717, 1.165) is 53.2 Å². The first-order valence-electron chi connectivity index (χ1n) is 11.5. The molecule has 5 rings (SSSR count). The van der Waals surface area contributed by atoms with Crippen LogP contribution < -0.4 is 10.1 Å². The highest BCUT2D eigenvalue weighted by atomic mass is 32.1. The Balaban J connectivity index is 1.58. The van der Waals surface area contributed by atoms with E-state index >= 15 is 0 Å². The van der Waals surface area contributed by atoms with Crippen molar-refractivity contribution >= 4 is 22.9 Å². The average Bonchev–Trinajstić information content (AvgIpc) is 3.54. The second-order valence-electron chi connectivity index (χ2n) is 8.70. The van der Waals surface area contributed by atoms with Gasteiger partial charge in [-0.1, -0.05) is 41.1 Å². The predicted octanol–water partition coefficient (Wildman–Crippen LogP) is 4.90. The third-order valence-corrected chi connectivity index (χ3v) is 6.70. The molecule has 0 amide bonds. The molecule has 2 atom stereocenters. The summed E-state index contributed by atoms with van der Waals surface area (Å²) in [5.74, 6) is 1.80. The van der Waals surface area contributed by atoms with Gasteiger partial charge < -0.3 is 24.2 Å². The standard InChI is InChI=1S/C26H28N4O3S/c1-16-7-4-9-19(13-16)24-28-25(33-29-24)22-17(2)30(15-21-11-6-12-32-21)26(34)27-23(22)18-8-5-10-20(14-18)31-3/h4-5,7-10,13-14,21,23H,6,11-12,15H2,1-3H3,(H,27,34). The molecule has 2 aliphatic rings. The molecule has 7 nitrogen and oxygen atoms in total. The third-order valence-electron chi connectivity index (χ3n) is 6.37. The molecular weight excluding hydrogens is 448 g/mol. The molecule has 3 aromatic rings. The molecule has 2 aromatic carbocycles. The Morgan fingerprint density at radius 3 is 2.79 bits per heavy atom. The first kappa shape index (κ1) is 22.6. The van der Waals surface area contributed by atoms with E-state index in [2.05, 4.69) is 22.3 Å². The SMILES string of the molecule is COc1cccc(C2NC(=S)N(CC3CCCO3)C(C)=C2c2nc(-c3cccc(C)c3)no2)c1. The normalized spacial score (nSPS) is 20.6. The maximum absolute atomic E-state index is 5.89. The molecule has 0 radical (unpaired) electrons. The minimum Gasteiger partial charge on any atom is -0.497 e. The summed E-state index contributed by atoms with van der Waals surface area (Å²) in [5.41, 5.74) is 4.93. The summed E-state index contributed by atoms with van der Waals surface area (Å²) in [6.07, 6.45) is 2.25. The van der Waals surface area contributed by atoms with E-state index in [1.807, 2.05) is 55.5 Å². The van der Waals surface area contributed by atoms with Crippen molar-refractivity contribution in [1.82, 2.24) is 20.4 Å². The van der Waals surface area contributed by atoms with E-state index < -0.39 is 0 Å². The molecule has 1 saturated heterocycles. The summed E-state index contributed by atoms with van der Waals surface area (Å²) in [6.45, 7) is 5.58. The highest BCUT2D eigenvalue weighted by Crippen LogP contribution is 2.38. The lowest BCUT2D eigenvalue weighted by Gasteiger charge is -2.38. The number of hydrogen-bond donors (Lipinski definition) is 1. The van der Waals surface area contributed by atoms with Crippen LogP contribution in [0.2, 0.25) is 0 Å². The molecule has 34 heavy (non-hydrogen) atoms. The second-order valence-corrected chi connectivity index (χ2v) is 9.08. The third kappa shape index (κ3) is 4.43. The van der Waals surface area contributed by atoms with E-state index in [0.29, 0.717) is 23.4 Å². The minimum absolute atomic E-state index is 0.148. The van der Waals surface area contributed by atoms with Crippen molar-refractivity contribution in [3.8, 4) is 17.1 Å². The van der Waals surface area contributed by atoms with Gasteiger partial charge in [0.1, 0.15) is 5.75 Å². The number of benzene rings is 2. The number of nitrogens with one attached hydrogen (secondary N) is 1. The fraction of sp³-hybridized carbons (Fsp3) is 0.346. The molecule has 0 spiro atoms. The lowest BCUT2D eigenvalue weighted by molar-refractivity contribution is 0.0962. The largest absolute Gasteiger partial charge is 0.497 e. The maximum Gasteiger partial charge on any atom is 0.258 e. The van der Waals surface area contributed by atoms with Gasteiger partial charge in [-0.25, -0.2) is 0 Å². The van der Waals surface area contributed by atoms with Crippen LogP contribution in [0.1, 0.15) is 42.8 Å². The van der Waals surface area contributed by atoms with Gasteiger partial charge in [0, 0.05) is 17.9 Å². The molecule has 0 bridgehead atoms. The van der Waals surface area contributed by atoms with Gasteiger partial charge in [-0.05, 0) is 62.7 Å². The molecule has 2 aliphatic heterocycles. The number of thiocarbonyl (C=S) groups is 1. The van der Waals surface area contributed by atoms with Gasteiger partial charge in [0.15, 0.2) is 5.11 Å². The van der Waals surface area contributed by atoms with Crippen molar-refractivity contribution in [2.24, 2.45) is 0 Å². The van der Waals surface area contributed by atoms with Crippen LogP contribution in [-0.4, -0.2) is 46.5 Å². The lowest BCUT2D eigenvalue weighted by Crippen LogP contribution is -2.48. The lowest BCUT2D eigenvalue weighted by atomic mass is 9.94. The van der Waals surface area contributed by atoms with Crippen LogP contribution in [0.15, 0.2) is 58.8 Å². The first-order valence-corrected chi connectivity index (χ1v) is 11.9. The van der Waals surface area contributed by atoms with Crippen LogP contribution in [0.3, 0.4) is 0 Å². The Kier molecular flexibility index (Phi) is 6.34. The molecule has 2 unspecified atom stereocenters. The molecule has 8 heteroatoms. The van der Waals surface area contributed by atoms with Crippen molar-refractivity contribution in [3.05, 3.63) is 71.2 Å². The van der Waals surface area contributed by atoms with Gasteiger partial charge >= 0.3 is 0 Å². The van der Waals surface area contributed by atoms with Gasteiger partial charge in [-0.15, -0.1) is 0 Å². The highest BCUT2D eigenvalue weighted by molar-refractivity contribution is 7.80. The number of hydrogen-bond acceptors (Lipinski definition) is 6. The van der Waals surface area contributed by atoms with Crippen LogP contribution >= 0.6 is 12.2 Å². The number of aromatic nitrogens is 2. The number of allylic oxidation sites excluding steroid dienone is 1. The molecule has 1 N–H and O–H groups in total. The molecule has 3 heterocycles. The monoisotopic (exact) mass is 476 g/mol. The zero-order valence-corrected chi connectivity index (χ0v) is 20.4. The molecular formula is C26H28N4O3S. The van der Waals surface area contributed by atoms with Gasteiger partial charge in [0.25, 0.3) is 5.89 Å². The van der Waals surface area contributed by atoms with Crippen molar-refractivity contribution < 1.29 is 14.0 Å². The summed E-state index contributed by atoms with van der Waals surface area (Å²) in [6, 6.07) is 15.8. The fourth-order valence-corrected chi connectivity index (χ4v) is 4.90. The Labute approximate surface area is 204 Å². The van der Waals surface area contributed by atoms with E-state index in [9.17, 15) is 0 Å². The van der Waals surface area contributed by atoms with E-state index in [1.54, 1.807) is 7.11 Å². The number of nitrogens with zero attached hydrogens (tertiary/aromatic N) is 3. The van der Waals surface area contributed by atoms with Crippen LogP contribution in [-0.2, 0) is 4.74 Å². The first-order chi connectivity index (χ1) is 16.5. The summed E-state index contributed by atoms with van der Waals surface area (Å²) in [7, 11) is 1.66. The molecule has 0 saturated carbocycles. The quantitative estimate of drug-likeness (QED) is 0.504. The van der Waals surface area contributed by atoms with Crippen molar-refractivity contribution in [1.29, 1.82) is 0 Å². The van der Waals surface area contributed by atoms with Crippen LogP contribution in [0.5, 0.6) is 5.75 Å². The van der Waals surface area contributed by atoms with Crippen LogP contribution in [0, 0.1) is 6.92 Å². The van der Waals surface area contributed by atoms with E-state index in [-0.39, 0.29) is 12.1 Å². The summed E-state index contributed by atoms with van der Waals surface area (Å²) in [5, 5.41) is 8.46. The summed E-state index contributed by atoms with van der Waals surface area (Å²) < 4.78 is 17.2.